The number of hydrogen-bond acceptors (Lipinski definition) is 5. The lowest BCUT2D eigenvalue weighted by Crippen LogP contribution is -2.29. The summed E-state index contributed by atoms with van der Waals surface area (Å²) in [4.78, 5) is 23.8. The molecule has 1 heterocycles. The molecule has 0 bridgehead atoms. The number of Topliss-reactive ketones (excluding diaryl/α,β-unsaturated/α-hetero) is 1. The summed E-state index contributed by atoms with van der Waals surface area (Å²) < 4.78 is 11.2. The highest BCUT2D eigenvalue weighted by atomic mass is 16.5. The summed E-state index contributed by atoms with van der Waals surface area (Å²) in [6.45, 7) is 2.66. The summed E-state index contributed by atoms with van der Waals surface area (Å²) in [6.07, 6.45) is 0. The van der Waals surface area contributed by atoms with Gasteiger partial charge in [-0.05, 0) is 6.92 Å². The van der Waals surface area contributed by atoms with Crippen molar-refractivity contribution in [3.05, 3.63) is 33.6 Å². The van der Waals surface area contributed by atoms with E-state index in [-0.39, 0.29) is 22.4 Å². The molecule has 0 saturated heterocycles. The van der Waals surface area contributed by atoms with Crippen LogP contribution in [0.25, 0.3) is 11.0 Å². The predicted octanol–water partition coefficient (Wildman–Crippen LogP) is 1.43. The average molecular weight is 278 g/mol. The molecule has 7 heteroatoms. The molecule has 0 aliphatic rings. The molecule has 106 valence electrons. The Labute approximate surface area is 114 Å². The number of benzene rings is 1. The third-order valence-corrected chi connectivity index (χ3v) is 3.10. The summed E-state index contributed by atoms with van der Waals surface area (Å²) >= 11 is 0. The molecule has 0 saturated carbocycles. The summed E-state index contributed by atoms with van der Waals surface area (Å²) in [5, 5.41) is 12.2. The minimum atomic E-state index is -0.473. The highest BCUT2D eigenvalue weighted by Crippen LogP contribution is 2.31. The fourth-order valence-corrected chi connectivity index (χ4v) is 2.12. The fourth-order valence-electron chi connectivity index (χ4n) is 2.12. The van der Waals surface area contributed by atoms with Crippen molar-refractivity contribution in [2.75, 3.05) is 14.2 Å². The monoisotopic (exact) mass is 278 g/mol. The second-order valence-corrected chi connectivity index (χ2v) is 4.27. The van der Waals surface area contributed by atoms with Crippen molar-refractivity contribution in [1.82, 2.24) is 4.73 Å². The molecule has 2 aromatic rings. The second-order valence-electron chi connectivity index (χ2n) is 4.27. The molecule has 0 aliphatic carbocycles. The molecule has 7 nitrogen and oxygen atoms in total. The molecule has 1 aromatic heterocycles. The van der Waals surface area contributed by atoms with E-state index in [1.165, 1.54) is 40.2 Å². The Kier molecular flexibility index (Phi) is 3.35. The van der Waals surface area contributed by atoms with Gasteiger partial charge in [0.15, 0.2) is 11.5 Å². The fraction of sp³-hybridized carbons (Fsp3) is 0.308. The average Bonchev–Trinajstić information content (AvgIpc) is 2.43. The van der Waals surface area contributed by atoms with Gasteiger partial charge in [0.1, 0.15) is 5.52 Å². The van der Waals surface area contributed by atoms with Crippen LogP contribution in [0.15, 0.2) is 12.1 Å². The molecule has 0 unspecified atom stereocenters. The zero-order chi connectivity index (χ0) is 15.0. The van der Waals surface area contributed by atoms with Crippen molar-refractivity contribution >= 4 is 16.8 Å². The van der Waals surface area contributed by atoms with E-state index in [1.54, 1.807) is 0 Å². The maximum absolute atomic E-state index is 12.3. The zero-order valence-electron chi connectivity index (χ0n) is 11.6. The third kappa shape index (κ3) is 1.87. The Hall–Kier alpha value is -2.57. The van der Waals surface area contributed by atoms with Crippen molar-refractivity contribution in [3.8, 4) is 11.5 Å². The molecule has 2 rings (SSSR count). The molecular weight excluding hydrogens is 264 g/mol. The molecule has 0 aliphatic heterocycles. The van der Waals surface area contributed by atoms with Crippen molar-refractivity contribution in [2.24, 2.45) is 0 Å². The Bertz CT molecular complexity index is 764. The van der Waals surface area contributed by atoms with E-state index in [2.05, 4.69) is 0 Å². The van der Waals surface area contributed by atoms with Crippen LogP contribution in [0.4, 0.5) is 0 Å². The Morgan fingerprint density at radius 2 is 1.80 bits per heavy atom. The number of carbonyl (C=O) groups is 1. The molecule has 20 heavy (non-hydrogen) atoms. The van der Waals surface area contributed by atoms with Crippen LogP contribution in [-0.2, 0) is 0 Å². The van der Waals surface area contributed by atoms with Gasteiger partial charge in [-0.3, -0.25) is 4.79 Å². The standard InChI is InChI=1S/C13H14N2O5/c1-7-13(8(2)16)15(18)10-6-12(20-4)11(19-3)5-9(10)14(7)17/h5-6H,1-4H3. The van der Waals surface area contributed by atoms with E-state index in [0.29, 0.717) is 20.7 Å². The number of ether oxygens (including phenoxy) is 2. The van der Waals surface area contributed by atoms with E-state index in [4.69, 9.17) is 9.47 Å². The van der Waals surface area contributed by atoms with Crippen LogP contribution in [0.3, 0.4) is 0 Å². The number of carbonyl (C=O) groups excluding carboxylic acids is 1. The number of ketones is 1. The van der Waals surface area contributed by atoms with E-state index >= 15 is 0 Å². The number of aromatic nitrogens is 2. The Morgan fingerprint density at radius 1 is 1.25 bits per heavy atom. The number of methoxy groups -OCH3 is 2. The van der Waals surface area contributed by atoms with Crippen molar-refractivity contribution < 1.29 is 18.7 Å². The van der Waals surface area contributed by atoms with Gasteiger partial charge < -0.3 is 19.4 Å². The highest BCUT2D eigenvalue weighted by Gasteiger charge is 2.25. The van der Waals surface area contributed by atoms with Crippen molar-refractivity contribution in [3.63, 3.8) is 0 Å². The van der Waals surface area contributed by atoms with Crippen molar-refractivity contribution in [2.45, 2.75) is 13.8 Å². The van der Waals surface area contributed by atoms with E-state index in [1.807, 2.05) is 0 Å². The van der Waals surface area contributed by atoms with Gasteiger partial charge in [-0.2, -0.15) is 0 Å². The summed E-state index contributed by atoms with van der Waals surface area (Å²) in [5.41, 5.74) is 0.0283. The first-order chi connectivity index (χ1) is 9.42. The van der Waals surface area contributed by atoms with Gasteiger partial charge in [-0.15, -0.1) is 0 Å². The zero-order valence-corrected chi connectivity index (χ0v) is 11.6. The molecular formula is C13H14N2O5. The smallest absolute Gasteiger partial charge is 0.324 e. The van der Waals surface area contributed by atoms with Crippen LogP contribution >= 0.6 is 0 Å². The van der Waals surface area contributed by atoms with Gasteiger partial charge in [0.25, 0.3) is 5.52 Å². The van der Waals surface area contributed by atoms with Crippen LogP contribution in [0.5, 0.6) is 11.5 Å². The Morgan fingerprint density at radius 3 is 2.30 bits per heavy atom. The maximum Gasteiger partial charge on any atom is 0.324 e. The Balaban J connectivity index is 3.01. The number of fused-ring (bicyclic) bond motifs is 1. The topological polar surface area (TPSA) is 86.5 Å². The van der Waals surface area contributed by atoms with Gasteiger partial charge in [0.05, 0.1) is 30.4 Å². The minimum Gasteiger partial charge on any atom is -0.805 e. The van der Waals surface area contributed by atoms with Gasteiger partial charge >= 0.3 is 5.69 Å². The summed E-state index contributed by atoms with van der Waals surface area (Å²) in [6, 6.07) is 2.79. The lowest BCUT2D eigenvalue weighted by atomic mass is 10.2. The SMILES string of the molecule is COc1cc2c(cc1OC)[n+](=O)c(C(C)=O)c(C)n2[O-]. The first-order valence-electron chi connectivity index (χ1n) is 5.84. The van der Waals surface area contributed by atoms with Gasteiger partial charge in [-0.1, -0.05) is 0 Å². The molecule has 0 N–H and O–H groups in total. The molecule has 0 spiro atoms. The summed E-state index contributed by atoms with van der Waals surface area (Å²) in [7, 11) is 2.85. The highest BCUT2D eigenvalue weighted by molar-refractivity contribution is 5.93. The van der Waals surface area contributed by atoms with E-state index < -0.39 is 5.78 Å². The van der Waals surface area contributed by atoms with Gasteiger partial charge in [-0.25, -0.2) is 0 Å². The molecule has 0 radical (unpaired) electrons. The predicted molar refractivity (Wildman–Crippen MR) is 71.9 cm³/mol. The van der Waals surface area contributed by atoms with Crippen LogP contribution in [-0.4, -0.2) is 24.7 Å². The third-order valence-electron chi connectivity index (χ3n) is 3.10. The lowest BCUT2D eigenvalue weighted by Gasteiger charge is -2.17. The number of nitrogens with zero attached hydrogens (tertiary/aromatic N) is 2. The lowest BCUT2D eigenvalue weighted by molar-refractivity contribution is -0.468. The molecule has 0 amide bonds. The second kappa shape index (κ2) is 4.84. The van der Waals surface area contributed by atoms with Gasteiger partial charge in [0.2, 0.25) is 5.78 Å². The molecule has 0 fully saturated rings. The number of hydrogen-bond donors (Lipinski definition) is 0. The number of rotatable bonds is 3. The van der Waals surface area contributed by atoms with E-state index in [0.717, 1.165) is 0 Å². The summed E-state index contributed by atoms with van der Waals surface area (Å²) in [5.74, 6) is 0.168. The normalized spacial score (nSPS) is 10.6. The minimum absolute atomic E-state index is 0.0484. The maximum atomic E-state index is 12.3. The van der Waals surface area contributed by atoms with E-state index in [9.17, 15) is 14.9 Å². The molecule has 0 atom stereocenters. The first kappa shape index (κ1) is 13.9. The van der Waals surface area contributed by atoms with Crippen LogP contribution in [0, 0.1) is 17.0 Å². The first-order valence-corrected chi connectivity index (χ1v) is 5.84. The van der Waals surface area contributed by atoms with Crippen molar-refractivity contribution in [1.29, 1.82) is 0 Å². The van der Waals surface area contributed by atoms with Gasteiger partial charge in [0, 0.05) is 17.9 Å². The van der Waals surface area contributed by atoms with Crippen LogP contribution < -0.4 is 13.9 Å². The van der Waals surface area contributed by atoms with Crippen LogP contribution in [0.1, 0.15) is 23.1 Å². The molecule has 1 aromatic carbocycles. The largest absolute Gasteiger partial charge is 0.805 e. The van der Waals surface area contributed by atoms with Crippen LogP contribution in [0.2, 0.25) is 0 Å². The quantitative estimate of drug-likeness (QED) is 0.626.